The summed E-state index contributed by atoms with van der Waals surface area (Å²) in [7, 11) is 1.59. The number of ether oxygens (including phenoxy) is 2. The molecule has 6 nitrogen and oxygen atoms in total. The van der Waals surface area contributed by atoms with Crippen molar-refractivity contribution in [1.29, 1.82) is 0 Å². The summed E-state index contributed by atoms with van der Waals surface area (Å²) in [5, 5.41) is 0. The summed E-state index contributed by atoms with van der Waals surface area (Å²) in [6, 6.07) is 5.71. The van der Waals surface area contributed by atoms with Crippen LogP contribution >= 0.6 is 0 Å². The summed E-state index contributed by atoms with van der Waals surface area (Å²) in [4.78, 5) is 7.60. The number of hydrogen-bond acceptors (Lipinski definition) is 5. The van der Waals surface area contributed by atoms with Crippen molar-refractivity contribution in [2.75, 3.05) is 46.4 Å². The first kappa shape index (κ1) is 20.5. The molecule has 1 fully saturated rings. The van der Waals surface area contributed by atoms with E-state index >= 15 is 0 Å². The van der Waals surface area contributed by atoms with Gasteiger partial charge in [-0.1, -0.05) is 12.1 Å². The number of para-hydroxylation sites is 1. The second-order valence-corrected chi connectivity index (χ2v) is 6.76. The van der Waals surface area contributed by atoms with Gasteiger partial charge in [0.2, 0.25) is 0 Å². The lowest BCUT2D eigenvalue weighted by Crippen LogP contribution is -2.48. The molecule has 2 heterocycles. The SMILES string of the molecule is COc1cccc(CN2CCN(CC(F)(F)F)CC2)c1OCCn1ccnc1. The molecule has 0 spiro atoms. The fraction of sp³-hybridized carbons (Fsp3) is 0.526. The highest BCUT2D eigenvalue weighted by Crippen LogP contribution is 2.32. The molecular formula is C19H25F3N4O2. The van der Waals surface area contributed by atoms with Gasteiger partial charge in [0.1, 0.15) is 6.61 Å². The van der Waals surface area contributed by atoms with Crippen molar-refractivity contribution in [3.63, 3.8) is 0 Å². The lowest BCUT2D eigenvalue weighted by atomic mass is 10.1. The van der Waals surface area contributed by atoms with Crippen LogP contribution < -0.4 is 9.47 Å². The zero-order valence-corrected chi connectivity index (χ0v) is 15.9. The lowest BCUT2D eigenvalue weighted by Gasteiger charge is -2.35. The van der Waals surface area contributed by atoms with E-state index in [4.69, 9.17) is 9.47 Å². The molecule has 0 atom stereocenters. The van der Waals surface area contributed by atoms with Crippen LogP contribution in [-0.4, -0.2) is 72.0 Å². The van der Waals surface area contributed by atoms with E-state index < -0.39 is 12.7 Å². The zero-order valence-electron chi connectivity index (χ0n) is 15.9. The van der Waals surface area contributed by atoms with Crippen molar-refractivity contribution < 1.29 is 22.6 Å². The quantitative estimate of drug-likeness (QED) is 0.684. The van der Waals surface area contributed by atoms with Gasteiger partial charge >= 0.3 is 6.18 Å². The van der Waals surface area contributed by atoms with Crippen molar-refractivity contribution in [3.05, 3.63) is 42.5 Å². The van der Waals surface area contributed by atoms with Gasteiger partial charge in [-0.2, -0.15) is 13.2 Å². The monoisotopic (exact) mass is 398 g/mol. The Morgan fingerprint density at radius 3 is 2.50 bits per heavy atom. The molecule has 0 bridgehead atoms. The molecule has 1 aromatic carbocycles. The van der Waals surface area contributed by atoms with E-state index in [1.807, 2.05) is 29.0 Å². The van der Waals surface area contributed by atoms with Gasteiger partial charge in [0.05, 0.1) is 26.5 Å². The molecule has 2 aromatic rings. The lowest BCUT2D eigenvalue weighted by molar-refractivity contribution is -0.149. The van der Waals surface area contributed by atoms with Crippen molar-refractivity contribution in [3.8, 4) is 11.5 Å². The second-order valence-electron chi connectivity index (χ2n) is 6.76. The van der Waals surface area contributed by atoms with Gasteiger partial charge in [0.25, 0.3) is 0 Å². The van der Waals surface area contributed by atoms with Gasteiger partial charge in [-0.3, -0.25) is 9.80 Å². The molecule has 3 rings (SSSR count). The molecule has 0 N–H and O–H groups in total. The molecule has 28 heavy (non-hydrogen) atoms. The van der Waals surface area contributed by atoms with Gasteiger partial charge in [0.15, 0.2) is 11.5 Å². The van der Waals surface area contributed by atoms with E-state index in [1.54, 1.807) is 19.6 Å². The summed E-state index contributed by atoms with van der Waals surface area (Å²) < 4.78 is 51.0. The smallest absolute Gasteiger partial charge is 0.401 e. The van der Waals surface area contributed by atoms with Crippen LogP contribution in [0.25, 0.3) is 0 Å². The van der Waals surface area contributed by atoms with Crippen LogP contribution in [0.4, 0.5) is 13.2 Å². The third kappa shape index (κ3) is 5.87. The normalized spacial score (nSPS) is 16.3. The maximum absolute atomic E-state index is 12.5. The standard InChI is InChI=1S/C19H25F3N4O2/c1-27-17-4-2-3-16(18(17)28-12-11-26-6-5-23-15-26)13-24-7-9-25(10-8-24)14-19(20,21)22/h2-6,15H,7-14H2,1H3. The van der Waals surface area contributed by atoms with E-state index in [2.05, 4.69) is 9.88 Å². The highest BCUT2D eigenvalue weighted by Gasteiger charge is 2.32. The van der Waals surface area contributed by atoms with Gasteiger partial charge in [-0.05, 0) is 6.07 Å². The van der Waals surface area contributed by atoms with Crippen LogP contribution in [0.1, 0.15) is 5.56 Å². The fourth-order valence-electron chi connectivity index (χ4n) is 3.28. The van der Waals surface area contributed by atoms with Crippen LogP contribution in [0.15, 0.2) is 36.9 Å². The van der Waals surface area contributed by atoms with Crippen LogP contribution in [0, 0.1) is 0 Å². The Morgan fingerprint density at radius 2 is 1.86 bits per heavy atom. The third-order valence-corrected chi connectivity index (χ3v) is 4.70. The summed E-state index contributed by atoms with van der Waals surface area (Å²) in [6.07, 6.45) is 1.16. The Labute approximate surface area is 162 Å². The number of aromatic nitrogens is 2. The number of nitrogens with zero attached hydrogens (tertiary/aromatic N) is 4. The van der Waals surface area contributed by atoms with Crippen molar-refractivity contribution >= 4 is 0 Å². The topological polar surface area (TPSA) is 42.8 Å². The number of alkyl halides is 3. The highest BCUT2D eigenvalue weighted by molar-refractivity contribution is 5.46. The summed E-state index contributed by atoms with van der Waals surface area (Å²) in [6.45, 7) is 2.86. The first-order valence-electron chi connectivity index (χ1n) is 9.20. The molecule has 1 aromatic heterocycles. The first-order valence-corrected chi connectivity index (χ1v) is 9.20. The second kappa shape index (κ2) is 9.29. The van der Waals surface area contributed by atoms with Crippen LogP contribution in [0.2, 0.25) is 0 Å². The average molecular weight is 398 g/mol. The van der Waals surface area contributed by atoms with Crippen molar-refractivity contribution in [2.45, 2.75) is 19.3 Å². The molecule has 9 heteroatoms. The number of benzene rings is 1. The van der Waals surface area contributed by atoms with Crippen molar-refractivity contribution in [1.82, 2.24) is 19.4 Å². The maximum Gasteiger partial charge on any atom is 0.401 e. The molecule has 0 saturated carbocycles. The molecule has 1 saturated heterocycles. The molecule has 1 aliphatic rings. The Bertz CT molecular complexity index is 729. The summed E-state index contributed by atoms with van der Waals surface area (Å²) in [5.41, 5.74) is 0.967. The Hall–Kier alpha value is -2.26. The Morgan fingerprint density at radius 1 is 1.11 bits per heavy atom. The minimum atomic E-state index is -4.15. The largest absolute Gasteiger partial charge is 0.493 e. The average Bonchev–Trinajstić information content (AvgIpc) is 3.16. The number of methoxy groups -OCH3 is 1. The molecule has 0 amide bonds. The number of piperazine rings is 1. The van der Waals surface area contributed by atoms with Gasteiger partial charge < -0.3 is 14.0 Å². The highest BCUT2D eigenvalue weighted by atomic mass is 19.4. The Kier molecular flexibility index (Phi) is 6.79. The maximum atomic E-state index is 12.5. The van der Waals surface area contributed by atoms with Crippen LogP contribution in [0.5, 0.6) is 11.5 Å². The molecule has 0 unspecified atom stereocenters. The predicted molar refractivity (Wildman–Crippen MR) is 98.5 cm³/mol. The number of rotatable bonds is 8. The van der Waals surface area contributed by atoms with Crippen molar-refractivity contribution in [2.24, 2.45) is 0 Å². The van der Waals surface area contributed by atoms with Crippen LogP contribution in [0.3, 0.4) is 0 Å². The number of hydrogen-bond donors (Lipinski definition) is 0. The summed E-state index contributed by atoms with van der Waals surface area (Å²) >= 11 is 0. The number of halogens is 3. The van der Waals surface area contributed by atoms with E-state index in [0.29, 0.717) is 57.4 Å². The molecule has 154 valence electrons. The van der Waals surface area contributed by atoms with Gasteiger partial charge in [0, 0.05) is 50.7 Å². The fourth-order valence-corrected chi connectivity index (χ4v) is 3.28. The Balaban J connectivity index is 1.59. The molecule has 1 aliphatic heterocycles. The third-order valence-electron chi connectivity index (χ3n) is 4.70. The minimum absolute atomic E-state index is 0.403. The summed E-state index contributed by atoms with van der Waals surface area (Å²) in [5.74, 6) is 1.33. The molecule has 0 aliphatic carbocycles. The molecular weight excluding hydrogens is 373 g/mol. The van der Waals surface area contributed by atoms with E-state index in [9.17, 15) is 13.2 Å². The number of imidazole rings is 1. The zero-order chi connectivity index (χ0) is 20.0. The van der Waals surface area contributed by atoms with Crippen LogP contribution in [-0.2, 0) is 13.1 Å². The van der Waals surface area contributed by atoms with E-state index in [-0.39, 0.29) is 0 Å². The van der Waals surface area contributed by atoms with Gasteiger partial charge in [-0.25, -0.2) is 4.98 Å². The predicted octanol–water partition coefficient (Wildman–Crippen LogP) is 2.65. The van der Waals surface area contributed by atoms with Gasteiger partial charge in [-0.15, -0.1) is 0 Å². The van der Waals surface area contributed by atoms with E-state index in [1.165, 1.54) is 4.90 Å². The molecule has 0 radical (unpaired) electrons. The van der Waals surface area contributed by atoms with E-state index in [0.717, 1.165) is 5.56 Å². The minimum Gasteiger partial charge on any atom is -0.493 e. The first-order chi connectivity index (χ1) is 13.4.